The number of hydrogen-bond acceptors (Lipinski definition) is 5. The number of phenols is 1. The first-order valence-corrected chi connectivity index (χ1v) is 9.05. The standard InChI is InChI=1S/C20H23N5O/c26-20-3-1-2-18(12-20)17-6-10-24(11-7-17)14-19-15-25(23-22-19)13-16-4-8-21-9-5-16/h1-5,8-9,12,15,17,26H,6-7,10-11,13-14H2. The van der Waals surface area contributed by atoms with Gasteiger partial charge in [-0.05, 0) is 67.2 Å². The lowest BCUT2D eigenvalue weighted by atomic mass is 9.89. The van der Waals surface area contributed by atoms with Crippen LogP contribution in [0, 0.1) is 0 Å². The predicted octanol–water partition coefficient (Wildman–Crippen LogP) is 2.81. The number of piperidine rings is 1. The third-order valence-corrected chi connectivity index (χ3v) is 4.99. The lowest BCUT2D eigenvalue weighted by molar-refractivity contribution is 0.202. The van der Waals surface area contributed by atoms with Crippen LogP contribution in [0.15, 0.2) is 55.0 Å². The van der Waals surface area contributed by atoms with Crippen molar-refractivity contribution in [3.63, 3.8) is 0 Å². The van der Waals surface area contributed by atoms with Gasteiger partial charge in [0.15, 0.2) is 0 Å². The highest BCUT2D eigenvalue weighted by atomic mass is 16.3. The molecule has 3 heterocycles. The van der Waals surface area contributed by atoms with Gasteiger partial charge in [-0.25, -0.2) is 4.68 Å². The van der Waals surface area contributed by atoms with Crippen LogP contribution in [-0.2, 0) is 13.1 Å². The number of rotatable bonds is 5. The van der Waals surface area contributed by atoms with E-state index in [-0.39, 0.29) is 0 Å². The summed E-state index contributed by atoms with van der Waals surface area (Å²) in [5.41, 5.74) is 3.42. The number of hydrogen-bond donors (Lipinski definition) is 1. The van der Waals surface area contributed by atoms with Gasteiger partial charge in [0.1, 0.15) is 5.75 Å². The third kappa shape index (κ3) is 4.08. The monoisotopic (exact) mass is 349 g/mol. The van der Waals surface area contributed by atoms with Crippen LogP contribution in [0.3, 0.4) is 0 Å². The summed E-state index contributed by atoms with van der Waals surface area (Å²) in [6.07, 6.45) is 7.83. The highest BCUT2D eigenvalue weighted by Crippen LogP contribution is 2.30. The minimum atomic E-state index is 0.357. The Morgan fingerprint density at radius 2 is 1.85 bits per heavy atom. The fraction of sp³-hybridized carbons (Fsp3) is 0.350. The Hall–Kier alpha value is -2.73. The Kier molecular flexibility index (Phi) is 4.93. The van der Waals surface area contributed by atoms with E-state index >= 15 is 0 Å². The second-order valence-corrected chi connectivity index (χ2v) is 6.91. The van der Waals surface area contributed by atoms with Crippen molar-refractivity contribution in [3.8, 4) is 5.75 Å². The highest BCUT2D eigenvalue weighted by molar-refractivity contribution is 5.30. The van der Waals surface area contributed by atoms with Crippen molar-refractivity contribution in [3.05, 3.63) is 71.8 Å². The topological polar surface area (TPSA) is 67.1 Å². The number of pyridine rings is 1. The van der Waals surface area contributed by atoms with Crippen molar-refractivity contribution in [2.75, 3.05) is 13.1 Å². The van der Waals surface area contributed by atoms with Gasteiger partial charge in [0.05, 0.1) is 18.4 Å². The summed E-state index contributed by atoms with van der Waals surface area (Å²) in [5.74, 6) is 0.886. The maximum absolute atomic E-state index is 9.67. The molecule has 0 spiro atoms. The molecule has 0 atom stereocenters. The van der Waals surface area contributed by atoms with Crippen LogP contribution >= 0.6 is 0 Å². The van der Waals surface area contributed by atoms with Crippen LogP contribution in [0.25, 0.3) is 0 Å². The summed E-state index contributed by atoms with van der Waals surface area (Å²) in [7, 11) is 0. The summed E-state index contributed by atoms with van der Waals surface area (Å²) in [6, 6.07) is 11.7. The molecular weight excluding hydrogens is 326 g/mol. The lowest BCUT2D eigenvalue weighted by Crippen LogP contribution is -2.32. The second-order valence-electron chi connectivity index (χ2n) is 6.91. The quantitative estimate of drug-likeness (QED) is 0.767. The molecule has 0 radical (unpaired) electrons. The molecule has 134 valence electrons. The number of nitrogens with zero attached hydrogens (tertiary/aromatic N) is 5. The van der Waals surface area contributed by atoms with Gasteiger partial charge in [-0.1, -0.05) is 17.3 Å². The fourth-order valence-electron chi connectivity index (χ4n) is 3.60. The van der Waals surface area contributed by atoms with E-state index in [1.165, 1.54) is 11.1 Å². The number of phenolic OH excluding ortho intramolecular Hbond substituents is 1. The third-order valence-electron chi connectivity index (χ3n) is 4.99. The molecule has 0 aliphatic carbocycles. The van der Waals surface area contributed by atoms with Crippen molar-refractivity contribution >= 4 is 0 Å². The van der Waals surface area contributed by atoms with Crippen molar-refractivity contribution in [1.82, 2.24) is 24.9 Å². The molecule has 1 saturated heterocycles. The van der Waals surface area contributed by atoms with Crippen LogP contribution in [0.1, 0.15) is 35.6 Å². The summed E-state index contributed by atoms with van der Waals surface area (Å²) >= 11 is 0. The molecule has 0 unspecified atom stereocenters. The molecule has 1 fully saturated rings. The van der Waals surface area contributed by atoms with E-state index in [2.05, 4.69) is 26.3 Å². The highest BCUT2D eigenvalue weighted by Gasteiger charge is 2.21. The summed E-state index contributed by atoms with van der Waals surface area (Å²) < 4.78 is 1.88. The van der Waals surface area contributed by atoms with Crippen LogP contribution in [0.2, 0.25) is 0 Å². The minimum Gasteiger partial charge on any atom is -0.508 e. The number of aromatic hydroxyl groups is 1. The van der Waals surface area contributed by atoms with Gasteiger partial charge in [-0.2, -0.15) is 0 Å². The van der Waals surface area contributed by atoms with E-state index in [0.717, 1.165) is 44.7 Å². The Bertz CT molecular complexity index is 840. The van der Waals surface area contributed by atoms with Gasteiger partial charge in [-0.15, -0.1) is 5.10 Å². The molecule has 4 rings (SSSR count). The molecule has 3 aromatic rings. The molecule has 6 nitrogen and oxygen atoms in total. The van der Waals surface area contributed by atoms with Crippen LogP contribution < -0.4 is 0 Å². The van der Waals surface area contributed by atoms with Gasteiger partial charge >= 0.3 is 0 Å². The largest absolute Gasteiger partial charge is 0.508 e. The van der Waals surface area contributed by atoms with Crippen molar-refractivity contribution < 1.29 is 5.11 Å². The van der Waals surface area contributed by atoms with Crippen molar-refractivity contribution in [2.24, 2.45) is 0 Å². The molecule has 0 amide bonds. The first-order valence-electron chi connectivity index (χ1n) is 9.05. The molecule has 6 heteroatoms. The van der Waals surface area contributed by atoms with Gasteiger partial charge in [0.2, 0.25) is 0 Å². The van der Waals surface area contributed by atoms with Crippen molar-refractivity contribution in [1.29, 1.82) is 0 Å². The Morgan fingerprint density at radius 3 is 2.62 bits per heavy atom. The molecule has 1 aliphatic rings. The van der Waals surface area contributed by atoms with E-state index in [0.29, 0.717) is 11.7 Å². The predicted molar refractivity (Wildman–Crippen MR) is 98.7 cm³/mol. The van der Waals surface area contributed by atoms with Gasteiger partial charge in [0, 0.05) is 18.9 Å². The molecule has 26 heavy (non-hydrogen) atoms. The average Bonchev–Trinajstić information content (AvgIpc) is 3.10. The molecule has 1 N–H and O–H groups in total. The molecule has 1 aromatic carbocycles. The summed E-state index contributed by atoms with van der Waals surface area (Å²) in [6.45, 7) is 3.63. The number of benzene rings is 1. The zero-order chi connectivity index (χ0) is 17.8. The summed E-state index contributed by atoms with van der Waals surface area (Å²) in [4.78, 5) is 6.47. The van der Waals surface area contributed by atoms with E-state index in [1.54, 1.807) is 18.5 Å². The minimum absolute atomic E-state index is 0.357. The molecule has 1 aliphatic heterocycles. The van der Waals surface area contributed by atoms with Gasteiger partial charge in [-0.3, -0.25) is 9.88 Å². The first kappa shape index (κ1) is 16.7. The first-order chi connectivity index (χ1) is 12.8. The zero-order valence-electron chi connectivity index (χ0n) is 14.7. The van der Waals surface area contributed by atoms with E-state index in [4.69, 9.17) is 0 Å². The molecular formula is C20H23N5O. The molecule has 0 bridgehead atoms. The molecule has 0 saturated carbocycles. The Labute approximate surface area is 153 Å². The zero-order valence-corrected chi connectivity index (χ0v) is 14.7. The van der Waals surface area contributed by atoms with Crippen LogP contribution in [0.4, 0.5) is 0 Å². The van der Waals surface area contributed by atoms with E-state index < -0.39 is 0 Å². The SMILES string of the molecule is Oc1cccc(C2CCN(Cc3cn(Cc4ccncc4)nn3)CC2)c1. The van der Waals surface area contributed by atoms with Crippen LogP contribution in [0.5, 0.6) is 5.75 Å². The number of likely N-dealkylation sites (tertiary alicyclic amines) is 1. The average molecular weight is 349 g/mol. The normalized spacial score (nSPS) is 16.0. The van der Waals surface area contributed by atoms with Gasteiger partial charge in [0.25, 0.3) is 0 Å². The van der Waals surface area contributed by atoms with Crippen LogP contribution in [-0.4, -0.2) is 43.1 Å². The number of aromatic nitrogens is 4. The maximum atomic E-state index is 9.67. The van der Waals surface area contributed by atoms with Crippen molar-refractivity contribution in [2.45, 2.75) is 31.8 Å². The summed E-state index contributed by atoms with van der Waals surface area (Å²) in [5, 5.41) is 18.2. The second kappa shape index (κ2) is 7.66. The Morgan fingerprint density at radius 1 is 1.04 bits per heavy atom. The molecule has 2 aromatic heterocycles. The maximum Gasteiger partial charge on any atom is 0.115 e. The smallest absolute Gasteiger partial charge is 0.115 e. The Balaban J connectivity index is 1.31. The fourth-order valence-corrected chi connectivity index (χ4v) is 3.60. The van der Waals surface area contributed by atoms with E-state index in [1.807, 2.05) is 35.1 Å². The van der Waals surface area contributed by atoms with Gasteiger partial charge < -0.3 is 5.11 Å². The van der Waals surface area contributed by atoms with E-state index in [9.17, 15) is 5.11 Å². The lowest BCUT2D eigenvalue weighted by Gasteiger charge is -2.31.